The van der Waals surface area contributed by atoms with Gasteiger partial charge in [0.05, 0.1) is 12.2 Å². The summed E-state index contributed by atoms with van der Waals surface area (Å²) in [5.74, 6) is 0.0179. The summed E-state index contributed by atoms with van der Waals surface area (Å²) in [5, 5.41) is 10.6. The van der Waals surface area contributed by atoms with Crippen LogP contribution in [0.15, 0.2) is 36.7 Å². The van der Waals surface area contributed by atoms with Crippen LogP contribution in [0.4, 0.5) is 5.69 Å². The van der Waals surface area contributed by atoms with Crippen molar-refractivity contribution in [3.63, 3.8) is 0 Å². The Bertz CT molecular complexity index is 628. The largest absolute Gasteiger partial charge is 0.378 e. The van der Waals surface area contributed by atoms with Crippen molar-refractivity contribution >= 4 is 11.6 Å². The van der Waals surface area contributed by atoms with Crippen molar-refractivity contribution in [2.45, 2.75) is 31.8 Å². The molecule has 110 valence electrons. The van der Waals surface area contributed by atoms with Crippen molar-refractivity contribution in [3.8, 4) is 0 Å². The minimum Gasteiger partial charge on any atom is -0.378 e. The highest BCUT2D eigenvalue weighted by atomic mass is 16.1. The summed E-state index contributed by atoms with van der Waals surface area (Å²) in [6.45, 7) is 2.09. The number of carbonyl (C=O) groups is 1. The maximum Gasteiger partial charge on any atom is 0.251 e. The maximum atomic E-state index is 11.9. The molecule has 1 atom stereocenters. The molecule has 21 heavy (non-hydrogen) atoms. The van der Waals surface area contributed by atoms with Crippen molar-refractivity contribution < 1.29 is 4.79 Å². The van der Waals surface area contributed by atoms with E-state index in [1.165, 1.54) is 0 Å². The van der Waals surface area contributed by atoms with Gasteiger partial charge in [-0.1, -0.05) is 0 Å². The van der Waals surface area contributed by atoms with Crippen molar-refractivity contribution in [2.75, 3.05) is 5.32 Å². The molecule has 0 radical (unpaired) electrons. The average Bonchev–Trinajstić information content (AvgIpc) is 3.17. The molecule has 2 N–H and O–H groups in total. The summed E-state index contributed by atoms with van der Waals surface area (Å²) in [5.41, 5.74) is 2.84. The molecule has 1 aromatic heterocycles. The number of aromatic nitrogens is 2. The van der Waals surface area contributed by atoms with Crippen LogP contribution >= 0.6 is 0 Å². The van der Waals surface area contributed by atoms with Crippen LogP contribution in [0.2, 0.25) is 0 Å². The van der Waals surface area contributed by atoms with E-state index in [4.69, 9.17) is 0 Å². The molecule has 5 heteroatoms. The Balaban J connectivity index is 1.62. The number of nitrogens with zero attached hydrogens (tertiary/aromatic N) is 2. The van der Waals surface area contributed by atoms with Crippen LogP contribution in [0.3, 0.4) is 0 Å². The number of anilines is 1. The highest BCUT2D eigenvalue weighted by Crippen LogP contribution is 2.21. The summed E-state index contributed by atoms with van der Waals surface area (Å²) in [7, 11) is 1.91. The second-order valence-electron chi connectivity index (χ2n) is 5.64. The summed E-state index contributed by atoms with van der Waals surface area (Å²) >= 11 is 0. The highest BCUT2D eigenvalue weighted by molar-refractivity contribution is 5.94. The third-order valence-corrected chi connectivity index (χ3v) is 3.67. The lowest BCUT2D eigenvalue weighted by molar-refractivity contribution is 0.0951. The number of aryl methyl sites for hydroxylation is 1. The van der Waals surface area contributed by atoms with Gasteiger partial charge in [-0.3, -0.25) is 9.48 Å². The molecule has 0 bridgehead atoms. The Morgan fingerprint density at radius 3 is 2.62 bits per heavy atom. The molecule has 0 saturated heterocycles. The fourth-order valence-corrected chi connectivity index (χ4v) is 2.21. The quantitative estimate of drug-likeness (QED) is 0.887. The van der Waals surface area contributed by atoms with Crippen LogP contribution in [0.25, 0.3) is 0 Å². The Kier molecular flexibility index (Phi) is 3.64. The van der Waals surface area contributed by atoms with E-state index in [0.29, 0.717) is 11.6 Å². The number of amides is 1. The van der Waals surface area contributed by atoms with E-state index in [1.807, 2.05) is 43.7 Å². The molecule has 1 aromatic carbocycles. The van der Waals surface area contributed by atoms with Crippen molar-refractivity contribution in [1.29, 1.82) is 0 Å². The van der Waals surface area contributed by atoms with E-state index in [2.05, 4.69) is 22.7 Å². The number of hydrogen-bond acceptors (Lipinski definition) is 3. The smallest absolute Gasteiger partial charge is 0.251 e. The number of rotatable bonds is 5. The van der Waals surface area contributed by atoms with E-state index in [1.54, 1.807) is 4.68 Å². The molecule has 1 fully saturated rings. The Labute approximate surface area is 124 Å². The van der Waals surface area contributed by atoms with Gasteiger partial charge in [-0.25, -0.2) is 0 Å². The zero-order valence-electron chi connectivity index (χ0n) is 12.3. The molecular weight excluding hydrogens is 264 g/mol. The first-order valence-electron chi connectivity index (χ1n) is 7.28. The molecule has 1 aliphatic rings. The van der Waals surface area contributed by atoms with E-state index in [-0.39, 0.29) is 11.9 Å². The fourth-order valence-electron chi connectivity index (χ4n) is 2.21. The maximum absolute atomic E-state index is 11.9. The number of nitrogens with one attached hydrogen (secondary N) is 2. The number of carbonyl (C=O) groups excluding carboxylic acids is 1. The summed E-state index contributed by atoms with van der Waals surface area (Å²) in [4.78, 5) is 11.9. The monoisotopic (exact) mass is 284 g/mol. The van der Waals surface area contributed by atoms with Gasteiger partial charge >= 0.3 is 0 Å². The molecule has 3 rings (SSSR count). The van der Waals surface area contributed by atoms with Crippen molar-refractivity contribution in [3.05, 3.63) is 47.8 Å². The first-order chi connectivity index (χ1) is 10.1. The molecule has 1 saturated carbocycles. The van der Waals surface area contributed by atoms with Gasteiger partial charge in [-0.15, -0.1) is 0 Å². The van der Waals surface area contributed by atoms with Gasteiger partial charge in [0.15, 0.2) is 0 Å². The van der Waals surface area contributed by atoms with Crippen LogP contribution in [0.5, 0.6) is 0 Å². The Morgan fingerprint density at radius 2 is 2.05 bits per heavy atom. The molecule has 2 aromatic rings. The van der Waals surface area contributed by atoms with Gasteiger partial charge < -0.3 is 10.6 Å². The summed E-state index contributed by atoms with van der Waals surface area (Å²) < 4.78 is 1.79. The molecular formula is C16H20N4O. The predicted molar refractivity (Wildman–Crippen MR) is 82.2 cm³/mol. The Hall–Kier alpha value is -2.30. The lowest BCUT2D eigenvalue weighted by Gasteiger charge is -2.14. The number of hydrogen-bond donors (Lipinski definition) is 2. The van der Waals surface area contributed by atoms with Gasteiger partial charge in [0, 0.05) is 36.1 Å². The van der Waals surface area contributed by atoms with Crippen molar-refractivity contribution in [1.82, 2.24) is 15.1 Å². The van der Waals surface area contributed by atoms with Gasteiger partial charge in [-0.05, 0) is 44.0 Å². The number of benzene rings is 1. The second-order valence-corrected chi connectivity index (χ2v) is 5.64. The minimum absolute atomic E-state index is 0.0179. The normalized spacial score (nSPS) is 15.5. The zero-order valence-corrected chi connectivity index (χ0v) is 12.3. The molecule has 1 amide bonds. The molecule has 0 spiro atoms. The Morgan fingerprint density at radius 1 is 1.33 bits per heavy atom. The lowest BCUT2D eigenvalue weighted by Crippen LogP contribution is -2.25. The lowest BCUT2D eigenvalue weighted by atomic mass is 10.1. The standard InChI is InChI=1S/C16H20N4O/c1-11(13-9-17-20(2)10-13)18-14-5-3-12(4-6-14)16(21)19-15-7-8-15/h3-6,9-11,15,18H,7-8H2,1-2H3,(H,19,21). The summed E-state index contributed by atoms with van der Waals surface area (Å²) in [6, 6.07) is 8.15. The second kappa shape index (κ2) is 5.60. The zero-order chi connectivity index (χ0) is 14.8. The predicted octanol–water partition coefficient (Wildman–Crippen LogP) is 2.49. The molecule has 1 heterocycles. The third kappa shape index (κ3) is 3.42. The average molecular weight is 284 g/mol. The van der Waals surface area contributed by atoms with Crippen LogP contribution in [0, 0.1) is 0 Å². The van der Waals surface area contributed by atoms with E-state index in [9.17, 15) is 4.79 Å². The highest BCUT2D eigenvalue weighted by Gasteiger charge is 2.23. The van der Waals surface area contributed by atoms with Crippen molar-refractivity contribution in [2.24, 2.45) is 7.05 Å². The first-order valence-corrected chi connectivity index (χ1v) is 7.28. The van der Waals surface area contributed by atoms with E-state index < -0.39 is 0 Å². The SMILES string of the molecule is CC(Nc1ccc(C(=O)NC2CC2)cc1)c1cnn(C)c1. The molecule has 0 aliphatic heterocycles. The first kappa shape index (κ1) is 13.7. The molecule has 1 aliphatic carbocycles. The van der Waals surface area contributed by atoms with Gasteiger partial charge in [0.25, 0.3) is 5.91 Å². The van der Waals surface area contributed by atoms with Crippen LogP contribution in [-0.2, 0) is 7.05 Å². The van der Waals surface area contributed by atoms with E-state index in [0.717, 1.165) is 24.1 Å². The van der Waals surface area contributed by atoms with Gasteiger partial charge in [0.2, 0.25) is 0 Å². The topological polar surface area (TPSA) is 59.0 Å². The van der Waals surface area contributed by atoms with Crippen LogP contribution < -0.4 is 10.6 Å². The van der Waals surface area contributed by atoms with Crippen LogP contribution in [-0.4, -0.2) is 21.7 Å². The fraction of sp³-hybridized carbons (Fsp3) is 0.375. The summed E-state index contributed by atoms with van der Waals surface area (Å²) in [6.07, 6.45) is 6.06. The van der Waals surface area contributed by atoms with Crippen LogP contribution in [0.1, 0.15) is 41.7 Å². The minimum atomic E-state index is 0.0179. The van der Waals surface area contributed by atoms with Gasteiger partial charge in [-0.2, -0.15) is 5.10 Å². The van der Waals surface area contributed by atoms with Gasteiger partial charge in [0.1, 0.15) is 0 Å². The molecule has 1 unspecified atom stereocenters. The third-order valence-electron chi connectivity index (χ3n) is 3.67. The molecule has 5 nitrogen and oxygen atoms in total. The van der Waals surface area contributed by atoms with E-state index >= 15 is 0 Å².